The van der Waals surface area contributed by atoms with Crippen LogP contribution < -0.4 is 10.2 Å². The number of nitrogens with zero attached hydrogens (tertiary/aromatic N) is 5. The highest BCUT2D eigenvalue weighted by molar-refractivity contribution is 5.84. The van der Waals surface area contributed by atoms with E-state index in [0.717, 1.165) is 30.7 Å². The number of aromatic nitrogens is 4. The molecule has 3 heterocycles. The zero-order chi connectivity index (χ0) is 21.1. The van der Waals surface area contributed by atoms with Crippen molar-refractivity contribution in [3.05, 3.63) is 41.7 Å². The number of nitrogens with one attached hydrogen (secondary N) is 1. The second-order valence-electron chi connectivity index (χ2n) is 7.14. The Morgan fingerprint density at radius 2 is 1.83 bits per heavy atom. The molecule has 1 fully saturated rings. The molecule has 2 aromatic heterocycles. The van der Waals surface area contributed by atoms with Gasteiger partial charge < -0.3 is 19.5 Å². The first-order valence-corrected chi connectivity index (χ1v) is 9.91. The van der Waals surface area contributed by atoms with Gasteiger partial charge in [-0.3, -0.25) is 0 Å². The number of benzene rings is 1. The standard InChI is InChI=1S/C20H23F3N6O/c1-2-7-24-17-16-18(27-19(26-17)28-8-10-30-11-9-28)29(13-25-16)12-14-3-5-15(6-4-14)20(21,22)23/h3-6,13H,2,7-12H2,1H3,(H,24,26,27). The Hall–Kier alpha value is -2.88. The van der Waals surface area contributed by atoms with Crippen molar-refractivity contribution in [3.63, 3.8) is 0 Å². The Bertz CT molecular complexity index is 996. The molecule has 1 aliphatic heterocycles. The van der Waals surface area contributed by atoms with Crippen molar-refractivity contribution < 1.29 is 17.9 Å². The number of halogens is 3. The minimum atomic E-state index is -4.35. The van der Waals surface area contributed by atoms with E-state index in [-0.39, 0.29) is 0 Å². The third kappa shape index (κ3) is 4.33. The molecule has 1 saturated heterocycles. The molecular weight excluding hydrogens is 397 g/mol. The van der Waals surface area contributed by atoms with Gasteiger partial charge >= 0.3 is 6.18 Å². The zero-order valence-electron chi connectivity index (χ0n) is 16.6. The summed E-state index contributed by atoms with van der Waals surface area (Å²) in [7, 11) is 0. The zero-order valence-corrected chi connectivity index (χ0v) is 16.6. The molecule has 4 rings (SSSR count). The van der Waals surface area contributed by atoms with Gasteiger partial charge in [0, 0.05) is 19.6 Å². The monoisotopic (exact) mass is 420 g/mol. The molecule has 0 spiro atoms. The SMILES string of the molecule is CCCNc1nc(N2CCOCC2)nc2c1ncn2Cc1ccc(C(F)(F)F)cc1. The maximum Gasteiger partial charge on any atom is 0.416 e. The van der Waals surface area contributed by atoms with Gasteiger partial charge in [-0.1, -0.05) is 19.1 Å². The molecule has 1 N–H and O–H groups in total. The largest absolute Gasteiger partial charge is 0.416 e. The third-order valence-corrected chi connectivity index (χ3v) is 4.92. The fraction of sp³-hybridized carbons (Fsp3) is 0.450. The quantitative estimate of drug-likeness (QED) is 0.658. The fourth-order valence-electron chi connectivity index (χ4n) is 3.32. The van der Waals surface area contributed by atoms with E-state index >= 15 is 0 Å². The van der Waals surface area contributed by atoms with Gasteiger partial charge in [-0.2, -0.15) is 23.1 Å². The first-order valence-electron chi connectivity index (χ1n) is 9.91. The van der Waals surface area contributed by atoms with Crippen LogP contribution >= 0.6 is 0 Å². The summed E-state index contributed by atoms with van der Waals surface area (Å²) in [6, 6.07) is 5.15. The molecule has 3 aromatic rings. The molecule has 0 aliphatic carbocycles. The lowest BCUT2D eigenvalue weighted by Gasteiger charge is -2.27. The van der Waals surface area contributed by atoms with E-state index in [2.05, 4.69) is 27.1 Å². The summed E-state index contributed by atoms with van der Waals surface area (Å²) >= 11 is 0. The Balaban J connectivity index is 1.67. The van der Waals surface area contributed by atoms with Crippen LogP contribution in [0.2, 0.25) is 0 Å². The molecule has 7 nitrogen and oxygen atoms in total. The fourth-order valence-corrected chi connectivity index (χ4v) is 3.32. The number of hydrogen-bond acceptors (Lipinski definition) is 6. The van der Waals surface area contributed by atoms with E-state index in [4.69, 9.17) is 9.72 Å². The van der Waals surface area contributed by atoms with E-state index < -0.39 is 11.7 Å². The maximum atomic E-state index is 12.8. The van der Waals surface area contributed by atoms with Crippen molar-refractivity contribution in [2.24, 2.45) is 0 Å². The topological polar surface area (TPSA) is 68.1 Å². The molecule has 30 heavy (non-hydrogen) atoms. The van der Waals surface area contributed by atoms with Crippen LogP contribution in [-0.4, -0.2) is 52.4 Å². The molecule has 0 atom stereocenters. The predicted molar refractivity (Wildman–Crippen MR) is 108 cm³/mol. The first-order chi connectivity index (χ1) is 14.5. The smallest absolute Gasteiger partial charge is 0.378 e. The van der Waals surface area contributed by atoms with E-state index in [1.165, 1.54) is 12.1 Å². The van der Waals surface area contributed by atoms with Crippen molar-refractivity contribution in [2.45, 2.75) is 26.1 Å². The summed E-state index contributed by atoms with van der Waals surface area (Å²) in [6.07, 6.45) is -1.76. The molecule has 1 aliphatic rings. The molecular formula is C20H23F3N6O. The van der Waals surface area contributed by atoms with Gasteiger partial charge in [0.05, 0.1) is 31.6 Å². The highest BCUT2D eigenvalue weighted by Crippen LogP contribution is 2.29. The summed E-state index contributed by atoms with van der Waals surface area (Å²) in [5.41, 5.74) is 1.36. The van der Waals surface area contributed by atoms with Crippen molar-refractivity contribution in [1.29, 1.82) is 0 Å². The van der Waals surface area contributed by atoms with Crippen molar-refractivity contribution in [3.8, 4) is 0 Å². The number of alkyl halides is 3. The number of ether oxygens (including phenoxy) is 1. The van der Waals surface area contributed by atoms with Crippen LogP contribution in [0, 0.1) is 0 Å². The van der Waals surface area contributed by atoms with Crippen molar-refractivity contribution >= 4 is 22.9 Å². The summed E-state index contributed by atoms with van der Waals surface area (Å²) in [6.45, 7) is 5.81. The molecule has 0 bridgehead atoms. The summed E-state index contributed by atoms with van der Waals surface area (Å²) in [5, 5.41) is 3.31. The maximum absolute atomic E-state index is 12.8. The van der Waals surface area contributed by atoms with Crippen LogP contribution in [0.4, 0.5) is 24.9 Å². The minimum absolute atomic E-state index is 0.363. The lowest BCUT2D eigenvalue weighted by atomic mass is 10.1. The third-order valence-electron chi connectivity index (χ3n) is 4.92. The Labute approximate surface area is 171 Å². The van der Waals surface area contributed by atoms with Crippen LogP contribution in [0.5, 0.6) is 0 Å². The highest BCUT2D eigenvalue weighted by Gasteiger charge is 2.30. The lowest BCUT2D eigenvalue weighted by molar-refractivity contribution is -0.137. The van der Waals surface area contributed by atoms with Crippen LogP contribution in [0.3, 0.4) is 0 Å². The van der Waals surface area contributed by atoms with Crippen LogP contribution in [-0.2, 0) is 17.5 Å². The molecule has 0 saturated carbocycles. The lowest BCUT2D eigenvalue weighted by Crippen LogP contribution is -2.37. The average molecular weight is 420 g/mol. The number of rotatable bonds is 6. The second kappa shape index (κ2) is 8.47. The van der Waals surface area contributed by atoms with Gasteiger partial charge in [-0.15, -0.1) is 0 Å². The number of morpholine rings is 1. The van der Waals surface area contributed by atoms with Gasteiger partial charge in [0.1, 0.15) is 0 Å². The predicted octanol–water partition coefficient (Wildman–Crippen LogP) is 3.55. The van der Waals surface area contributed by atoms with E-state index in [9.17, 15) is 13.2 Å². The minimum Gasteiger partial charge on any atom is -0.378 e. The van der Waals surface area contributed by atoms with Gasteiger partial charge in [-0.05, 0) is 24.1 Å². The number of anilines is 2. The van der Waals surface area contributed by atoms with E-state index in [1.54, 1.807) is 6.33 Å². The normalized spacial score (nSPS) is 15.0. The first kappa shape index (κ1) is 20.4. The van der Waals surface area contributed by atoms with Gasteiger partial charge in [0.15, 0.2) is 17.0 Å². The number of fused-ring (bicyclic) bond motifs is 1. The second-order valence-corrected chi connectivity index (χ2v) is 7.14. The van der Waals surface area contributed by atoms with Gasteiger partial charge in [0.25, 0.3) is 0 Å². The van der Waals surface area contributed by atoms with Crippen molar-refractivity contribution in [2.75, 3.05) is 43.1 Å². The molecule has 0 radical (unpaired) electrons. The Morgan fingerprint density at radius 1 is 1.10 bits per heavy atom. The van der Waals surface area contributed by atoms with Gasteiger partial charge in [-0.25, -0.2) is 4.98 Å². The number of hydrogen-bond donors (Lipinski definition) is 1. The van der Waals surface area contributed by atoms with Crippen molar-refractivity contribution in [1.82, 2.24) is 19.5 Å². The Morgan fingerprint density at radius 3 is 2.50 bits per heavy atom. The average Bonchev–Trinajstić information content (AvgIpc) is 3.15. The van der Waals surface area contributed by atoms with Crippen LogP contribution in [0.15, 0.2) is 30.6 Å². The summed E-state index contributed by atoms with van der Waals surface area (Å²) in [4.78, 5) is 15.9. The molecule has 160 valence electrons. The Kier molecular flexibility index (Phi) is 5.76. The summed E-state index contributed by atoms with van der Waals surface area (Å²) < 4.78 is 45.7. The van der Waals surface area contributed by atoms with Gasteiger partial charge in [0.2, 0.25) is 5.95 Å². The highest BCUT2D eigenvalue weighted by atomic mass is 19.4. The van der Waals surface area contributed by atoms with Crippen LogP contribution in [0.25, 0.3) is 11.2 Å². The van der Waals surface area contributed by atoms with Crippen LogP contribution in [0.1, 0.15) is 24.5 Å². The summed E-state index contributed by atoms with van der Waals surface area (Å²) in [5.74, 6) is 1.26. The molecule has 10 heteroatoms. The van der Waals surface area contributed by atoms with E-state index in [0.29, 0.717) is 55.8 Å². The number of imidazole rings is 1. The molecule has 0 amide bonds. The molecule has 1 aromatic carbocycles. The van der Waals surface area contributed by atoms with E-state index in [1.807, 2.05) is 4.57 Å². The molecule has 0 unspecified atom stereocenters.